The third kappa shape index (κ3) is 3.11. The summed E-state index contributed by atoms with van der Waals surface area (Å²) in [7, 11) is -9.50. The van der Waals surface area contributed by atoms with Gasteiger partial charge in [-0.05, 0) is 0 Å². The molecule has 0 saturated carbocycles. The lowest BCUT2D eigenvalue weighted by molar-refractivity contribution is 0.372. The van der Waals surface area contributed by atoms with Gasteiger partial charge in [-0.2, -0.15) is 16.8 Å². The van der Waals surface area contributed by atoms with Crippen LogP contribution in [-0.4, -0.2) is 26.5 Å². The first kappa shape index (κ1) is 12.3. The Kier molecular flexibility index (Phi) is 2.94. The SMILES string of the molecule is O=S1(=O)N=C(C(Cl)(Cl)Cl)OS(=O)(=O)O1. The molecule has 0 aromatic carbocycles. The van der Waals surface area contributed by atoms with Gasteiger partial charge in [-0.15, -0.1) is 0 Å². The lowest BCUT2D eigenvalue weighted by Gasteiger charge is -2.16. The normalized spacial score (nSPS) is 24.9. The summed E-state index contributed by atoms with van der Waals surface area (Å²) in [5.41, 5.74) is 0. The third-order valence-corrected chi connectivity index (χ3v) is 3.38. The monoisotopic (exact) mass is 303 g/mol. The molecule has 0 saturated heterocycles. The van der Waals surface area contributed by atoms with Crippen LogP contribution < -0.4 is 0 Å². The molecule has 1 aliphatic rings. The third-order valence-electron chi connectivity index (χ3n) is 0.788. The van der Waals surface area contributed by atoms with E-state index in [0.717, 1.165) is 0 Å². The van der Waals surface area contributed by atoms with Gasteiger partial charge in [0.15, 0.2) is 0 Å². The van der Waals surface area contributed by atoms with Crippen LogP contribution in [-0.2, 0) is 28.5 Å². The Morgan fingerprint density at radius 2 is 1.64 bits per heavy atom. The summed E-state index contributed by atoms with van der Waals surface area (Å²) >= 11 is 15.5. The fourth-order valence-electron chi connectivity index (χ4n) is 0.447. The number of halogens is 3. The summed E-state index contributed by atoms with van der Waals surface area (Å²) in [6, 6.07) is 0. The van der Waals surface area contributed by atoms with Crippen molar-refractivity contribution in [3.05, 3.63) is 0 Å². The molecule has 7 nitrogen and oxygen atoms in total. The summed E-state index contributed by atoms with van der Waals surface area (Å²) in [5.74, 6) is -1.12. The van der Waals surface area contributed by atoms with Gasteiger partial charge in [0.2, 0.25) is 0 Å². The highest BCUT2D eigenvalue weighted by atomic mass is 35.6. The van der Waals surface area contributed by atoms with Crippen molar-refractivity contribution in [1.82, 2.24) is 0 Å². The fraction of sp³-hybridized carbons (Fsp3) is 0.500. The smallest absolute Gasteiger partial charge is 0.339 e. The Bertz CT molecular complexity index is 470. The van der Waals surface area contributed by atoms with Crippen molar-refractivity contribution in [3.8, 4) is 0 Å². The Morgan fingerprint density at radius 3 is 2.00 bits per heavy atom. The Labute approximate surface area is 94.1 Å². The van der Waals surface area contributed by atoms with E-state index in [0.29, 0.717) is 0 Å². The standard InChI is InChI=1S/C2Cl3NO6S2/c3-2(4,5)1-6-13(7,8)12-14(9,10)11-1. The van der Waals surface area contributed by atoms with E-state index in [1.54, 1.807) is 0 Å². The number of hydrogen-bond acceptors (Lipinski definition) is 6. The molecule has 0 spiro atoms. The molecular formula is C2Cl3NO6S2. The Hall–Kier alpha value is 0.200. The predicted molar refractivity (Wildman–Crippen MR) is 47.7 cm³/mol. The quantitative estimate of drug-likeness (QED) is 0.596. The van der Waals surface area contributed by atoms with Crippen LogP contribution in [0.1, 0.15) is 0 Å². The minimum atomic E-state index is -4.79. The highest BCUT2D eigenvalue weighted by Crippen LogP contribution is 2.32. The summed E-state index contributed by atoms with van der Waals surface area (Å²) < 4.78 is 50.2. The van der Waals surface area contributed by atoms with E-state index in [1.807, 2.05) is 0 Å². The van der Waals surface area contributed by atoms with E-state index in [1.165, 1.54) is 0 Å². The van der Waals surface area contributed by atoms with Crippen molar-refractivity contribution in [3.63, 3.8) is 0 Å². The van der Waals surface area contributed by atoms with Crippen LogP contribution in [0.25, 0.3) is 0 Å². The van der Waals surface area contributed by atoms with Crippen LogP contribution in [0.2, 0.25) is 0 Å². The number of alkyl halides is 3. The minimum absolute atomic E-state index is 1.12. The molecule has 14 heavy (non-hydrogen) atoms. The largest absolute Gasteiger partial charge is 0.466 e. The molecule has 1 aliphatic heterocycles. The van der Waals surface area contributed by atoms with Crippen LogP contribution in [0, 0.1) is 0 Å². The molecule has 0 N–H and O–H groups in total. The van der Waals surface area contributed by atoms with Crippen molar-refractivity contribution in [2.45, 2.75) is 3.79 Å². The van der Waals surface area contributed by atoms with E-state index in [4.69, 9.17) is 34.8 Å². The molecule has 0 radical (unpaired) electrons. The molecule has 0 amide bonds. The van der Waals surface area contributed by atoms with Crippen molar-refractivity contribution in [2.24, 2.45) is 4.40 Å². The number of nitrogens with zero attached hydrogens (tertiary/aromatic N) is 1. The van der Waals surface area contributed by atoms with Gasteiger partial charge >= 0.3 is 20.7 Å². The molecule has 0 fully saturated rings. The van der Waals surface area contributed by atoms with E-state index in [2.05, 4.69) is 12.2 Å². The summed E-state index contributed by atoms with van der Waals surface area (Å²) in [6.07, 6.45) is 0. The molecule has 82 valence electrons. The second-order valence-electron chi connectivity index (χ2n) is 1.88. The van der Waals surface area contributed by atoms with Crippen molar-refractivity contribution < 1.29 is 24.6 Å². The Balaban J connectivity index is 3.31. The predicted octanol–water partition coefficient (Wildman–Crippen LogP) is 0.292. The maximum Gasteiger partial charge on any atom is 0.466 e. The molecule has 1 rings (SSSR count). The maximum absolute atomic E-state index is 10.7. The van der Waals surface area contributed by atoms with Gasteiger partial charge in [0.05, 0.1) is 0 Å². The van der Waals surface area contributed by atoms with Crippen LogP contribution in [0.5, 0.6) is 0 Å². The van der Waals surface area contributed by atoms with Crippen molar-refractivity contribution >= 4 is 61.4 Å². The van der Waals surface area contributed by atoms with Crippen LogP contribution in [0.4, 0.5) is 0 Å². The number of hydrogen-bond donors (Lipinski definition) is 0. The first-order valence-corrected chi connectivity index (χ1v) is 6.43. The molecule has 0 aromatic rings. The lowest BCUT2D eigenvalue weighted by atomic mass is 10.8. The second-order valence-corrected chi connectivity index (χ2v) is 6.73. The average molecular weight is 305 g/mol. The molecule has 0 aliphatic carbocycles. The molecule has 1 heterocycles. The Morgan fingerprint density at radius 1 is 1.14 bits per heavy atom. The second kappa shape index (κ2) is 3.35. The first-order chi connectivity index (χ1) is 6.02. The van der Waals surface area contributed by atoms with E-state index in [-0.39, 0.29) is 0 Å². The van der Waals surface area contributed by atoms with Gasteiger partial charge in [0.25, 0.3) is 9.69 Å². The highest BCUT2D eigenvalue weighted by molar-refractivity contribution is 7.98. The molecular weight excluding hydrogens is 305 g/mol. The first-order valence-electron chi connectivity index (χ1n) is 2.59. The van der Waals surface area contributed by atoms with Crippen molar-refractivity contribution in [2.75, 3.05) is 0 Å². The molecule has 0 unspecified atom stereocenters. The molecule has 0 bridgehead atoms. The van der Waals surface area contributed by atoms with Gasteiger partial charge in [0.1, 0.15) is 0 Å². The van der Waals surface area contributed by atoms with Gasteiger partial charge < -0.3 is 4.18 Å². The van der Waals surface area contributed by atoms with E-state index in [9.17, 15) is 16.8 Å². The molecule has 12 heteroatoms. The molecule has 0 atom stereocenters. The van der Waals surface area contributed by atoms with Gasteiger partial charge in [-0.1, -0.05) is 42.8 Å². The van der Waals surface area contributed by atoms with E-state index < -0.39 is 30.4 Å². The minimum Gasteiger partial charge on any atom is -0.339 e. The van der Waals surface area contributed by atoms with E-state index >= 15 is 0 Å². The molecule has 0 aromatic heterocycles. The zero-order valence-electron chi connectivity index (χ0n) is 5.85. The number of rotatable bonds is 0. The summed E-state index contributed by atoms with van der Waals surface area (Å²) in [6.45, 7) is 0. The van der Waals surface area contributed by atoms with Gasteiger partial charge in [-0.25, -0.2) is 0 Å². The lowest BCUT2D eigenvalue weighted by Crippen LogP contribution is -2.33. The van der Waals surface area contributed by atoms with Gasteiger partial charge in [0, 0.05) is 0 Å². The van der Waals surface area contributed by atoms with Gasteiger partial charge in [-0.3, -0.25) is 0 Å². The average Bonchev–Trinajstić information content (AvgIpc) is 1.76. The maximum atomic E-state index is 10.7. The van der Waals surface area contributed by atoms with Crippen LogP contribution in [0.15, 0.2) is 4.40 Å². The van der Waals surface area contributed by atoms with Crippen molar-refractivity contribution in [1.29, 1.82) is 0 Å². The zero-order chi connectivity index (χ0) is 11.2. The summed E-state index contributed by atoms with van der Waals surface area (Å²) in [5, 5.41) is 0. The van der Waals surface area contributed by atoms with Crippen LogP contribution >= 0.6 is 34.8 Å². The zero-order valence-corrected chi connectivity index (χ0v) is 9.75. The highest BCUT2D eigenvalue weighted by Gasteiger charge is 2.42. The van der Waals surface area contributed by atoms with Crippen LogP contribution in [0.3, 0.4) is 0 Å². The topological polar surface area (TPSA) is 99.1 Å². The summed E-state index contributed by atoms with van der Waals surface area (Å²) in [4.78, 5) is 0. The fourth-order valence-corrected chi connectivity index (χ4v) is 2.83.